The summed E-state index contributed by atoms with van der Waals surface area (Å²) in [5.74, 6) is 0.545. The van der Waals surface area contributed by atoms with Crippen LogP contribution >= 0.6 is 6.72 Å². The Kier molecular flexibility index (Phi) is 7.18. The zero-order valence-corrected chi connectivity index (χ0v) is 14.3. The van der Waals surface area contributed by atoms with Gasteiger partial charge in [0.05, 0.1) is 0 Å². The van der Waals surface area contributed by atoms with E-state index in [2.05, 4.69) is 32.6 Å². The maximum absolute atomic E-state index is 9.42. The van der Waals surface area contributed by atoms with E-state index >= 15 is 0 Å². The molecule has 0 saturated heterocycles. The lowest BCUT2D eigenvalue weighted by Gasteiger charge is -2.20. The van der Waals surface area contributed by atoms with Crippen molar-refractivity contribution in [3.8, 4) is 5.75 Å². The van der Waals surface area contributed by atoms with Crippen LogP contribution < -0.4 is 4.52 Å². The lowest BCUT2D eigenvalue weighted by Crippen LogP contribution is -2.04. The van der Waals surface area contributed by atoms with Gasteiger partial charge in [0.15, 0.2) is 0 Å². The van der Waals surface area contributed by atoms with Crippen LogP contribution in [0, 0.1) is 0 Å². The van der Waals surface area contributed by atoms with Crippen molar-refractivity contribution < 1.29 is 14.3 Å². The first kappa shape index (κ1) is 17.6. The second kappa shape index (κ2) is 8.14. The molecular formula is C15H25O3PS. The van der Waals surface area contributed by atoms with Crippen LogP contribution in [0.2, 0.25) is 0 Å². The van der Waals surface area contributed by atoms with Crippen molar-refractivity contribution in [2.45, 2.75) is 59.3 Å². The highest BCUT2D eigenvalue weighted by atomic mass is 32.5. The molecule has 2 N–H and O–H groups in total. The molecule has 0 aliphatic rings. The Labute approximate surface area is 127 Å². The number of aryl methyl sites for hydroxylation is 1. The Morgan fingerprint density at radius 2 is 1.50 bits per heavy atom. The molecule has 0 radical (unpaired) electrons. The summed E-state index contributed by atoms with van der Waals surface area (Å²) in [5.41, 5.74) is 3.74. The first-order valence-electron chi connectivity index (χ1n) is 7.31. The van der Waals surface area contributed by atoms with Gasteiger partial charge in [0.1, 0.15) is 5.75 Å². The number of benzene rings is 1. The summed E-state index contributed by atoms with van der Waals surface area (Å²) in [6.07, 6.45) is 6.05. The van der Waals surface area contributed by atoms with Gasteiger partial charge >= 0.3 is 6.72 Å². The summed E-state index contributed by atoms with van der Waals surface area (Å²) in [6, 6.07) is 3.87. The van der Waals surface area contributed by atoms with Crippen molar-refractivity contribution in [1.29, 1.82) is 0 Å². The zero-order valence-electron chi connectivity index (χ0n) is 12.6. The molecule has 0 heterocycles. The number of hydrogen-bond donors (Lipinski definition) is 2. The quantitative estimate of drug-likeness (QED) is 0.708. The lowest BCUT2D eigenvalue weighted by molar-refractivity contribution is 0.368. The highest BCUT2D eigenvalue weighted by Crippen LogP contribution is 2.41. The lowest BCUT2D eigenvalue weighted by atomic mass is 9.91. The van der Waals surface area contributed by atoms with E-state index in [1.54, 1.807) is 0 Å². The van der Waals surface area contributed by atoms with Crippen LogP contribution in [-0.2, 0) is 31.1 Å². The summed E-state index contributed by atoms with van der Waals surface area (Å²) in [5, 5.41) is 0. The van der Waals surface area contributed by atoms with E-state index in [4.69, 9.17) is 4.52 Å². The molecule has 0 fully saturated rings. The molecule has 1 rings (SSSR count). The molecule has 0 spiro atoms. The Bertz CT molecular complexity index is 482. The van der Waals surface area contributed by atoms with Gasteiger partial charge in [-0.25, -0.2) is 0 Å². The third-order valence-electron chi connectivity index (χ3n) is 3.22. The van der Waals surface area contributed by atoms with E-state index in [0.29, 0.717) is 5.75 Å². The van der Waals surface area contributed by atoms with E-state index in [1.807, 2.05) is 12.1 Å². The molecule has 0 unspecified atom stereocenters. The summed E-state index contributed by atoms with van der Waals surface area (Å²) in [4.78, 5) is 18.8. The van der Waals surface area contributed by atoms with Crippen LogP contribution in [0.3, 0.4) is 0 Å². The van der Waals surface area contributed by atoms with Crippen LogP contribution in [0.1, 0.15) is 56.7 Å². The van der Waals surface area contributed by atoms with Crippen LogP contribution in [0.25, 0.3) is 0 Å². The van der Waals surface area contributed by atoms with Gasteiger partial charge in [0.25, 0.3) is 0 Å². The van der Waals surface area contributed by atoms with Gasteiger partial charge in [0, 0.05) is 11.8 Å². The molecule has 0 atom stereocenters. The molecule has 0 bridgehead atoms. The zero-order chi connectivity index (χ0) is 15.2. The van der Waals surface area contributed by atoms with E-state index in [-0.39, 0.29) is 0 Å². The minimum Gasteiger partial charge on any atom is -0.424 e. The second-order valence-electron chi connectivity index (χ2n) is 5.01. The Morgan fingerprint density at radius 1 is 0.950 bits per heavy atom. The average Bonchev–Trinajstić information content (AvgIpc) is 2.35. The van der Waals surface area contributed by atoms with Gasteiger partial charge in [-0.15, -0.1) is 0 Å². The summed E-state index contributed by atoms with van der Waals surface area (Å²) in [6.45, 7) is 2.76. The molecular weight excluding hydrogens is 291 g/mol. The van der Waals surface area contributed by atoms with Crippen molar-refractivity contribution in [2.24, 2.45) is 0 Å². The molecule has 0 aliphatic heterocycles. The van der Waals surface area contributed by atoms with Crippen molar-refractivity contribution in [1.82, 2.24) is 0 Å². The molecule has 1 aromatic rings. The van der Waals surface area contributed by atoms with Crippen molar-refractivity contribution in [3.05, 3.63) is 28.8 Å². The molecule has 114 valence electrons. The molecule has 20 heavy (non-hydrogen) atoms. The maximum Gasteiger partial charge on any atom is 0.375 e. The van der Waals surface area contributed by atoms with E-state index in [0.717, 1.165) is 44.1 Å². The van der Waals surface area contributed by atoms with E-state index < -0.39 is 6.72 Å². The normalized spacial score (nSPS) is 11.7. The van der Waals surface area contributed by atoms with Gasteiger partial charge in [-0.3, -0.25) is 0 Å². The predicted molar refractivity (Wildman–Crippen MR) is 87.8 cm³/mol. The monoisotopic (exact) mass is 316 g/mol. The molecule has 5 heteroatoms. The minimum absolute atomic E-state index is 0.545. The van der Waals surface area contributed by atoms with Crippen LogP contribution in [-0.4, -0.2) is 9.79 Å². The smallest absolute Gasteiger partial charge is 0.375 e. The van der Waals surface area contributed by atoms with Gasteiger partial charge in [-0.2, -0.15) is 0 Å². The fourth-order valence-corrected chi connectivity index (χ4v) is 3.19. The third kappa shape index (κ3) is 5.17. The maximum atomic E-state index is 9.42. The topological polar surface area (TPSA) is 49.7 Å². The average molecular weight is 316 g/mol. The van der Waals surface area contributed by atoms with Gasteiger partial charge in [-0.05, 0) is 42.0 Å². The summed E-state index contributed by atoms with van der Waals surface area (Å²) in [7, 11) is 0. The van der Waals surface area contributed by atoms with E-state index in [9.17, 15) is 9.79 Å². The fourth-order valence-electron chi connectivity index (χ4n) is 2.52. The molecule has 0 aromatic heterocycles. The third-order valence-corrected chi connectivity index (χ3v) is 3.88. The first-order valence-corrected chi connectivity index (χ1v) is 9.94. The number of hydrogen-bond acceptors (Lipinski definition) is 2. The van der Waals surface area contributed by atoms with Crippen molar-refractivity contribution in [2.75, 3.05) is 0 Å². The minimum atomic E-state index is -3.67. The van der Waals surface area contributed by atoms with Crippen LogP contribution in [0.15, 0.2) is 12.1 Å². The van der Waals surface area contributed by atoms with Crippen molar-refractivity contribution >= 4 is 18.5 Å². The molecule has 3 nitrogen and oxygen atoms in total. The van der Waals surface area contributed by atoms with Crippen molar-refractivity contribution in [3.63, 3.8) is 0 Å². The van der Waals surface area contributed by atoms with Gasteiger partial charge < -0.3 is 14.3 Å². The molecule has 0 amide bonds. The van der Waals surface area contributed by atoms with Gasteiger partial charge in [0.2, 0.25) is 0 Å². The standard InChI is InChI=1S/C15H25O3PS/c1-4-7-12-10-11-15(18-19(16,17)20)14(9-6-3)13(12)8-5-2/h10-11H,4-9H2,1-3H3,(H2,16,17,20). The SMILES string of the molecule is CCCc1ccc(OP(O)(O)=S)c(CCC)c1CCC. The molecule has 0 aliphatic carbocycles. The second-order valence-corrected chi connectivity index (χ2v) is 7.60. The summed E-state index contributed by atoms with van der Waals surface area (Å²) >= 11 is 4.60. The highest BCUT2D eigenvalue weighted by molar-refractivity contribution is 8.06. The molecule has 0 saturated carbocycles. The van der Waals surface area contributed by atoms with Crippen LogP contribution in [0.4, 0.5) is 0 Å². The number of rotatable bonds is 8. The Balaban J connectivity index is 3.30. The highest BCUT2D eigenvalue weighted by Gasteiger charge is 2.17. The Morgan fingerprint density at radius 3 is 2.00 bits per heavy atom. The first-order chi connectivity index (χ1) is 9.42. The largest absolute Gasteiger partial charge is 0.424 e. The predicted octanol–water partition coefficient (Wildman–Crippen LogP) is 4.13. The summed E-state index contributed by atoms with van der Waals surface area (Å²) < 4.78 is 5.24. The van der Waals surface area contributed by atoms with Crippen LogP contribution in [0.5, 0.6) is 5.75 Å². The van der Waals surface area contributed by atoms with Gasteiger partial charge in [-0.1, -0.05) is 46.1 Å². The van der Waals surface area contributed by atoms with E-state index in [1.165, 1.54) is 11.1 Å². The molecule has 1 aromatic carbocycles. The fraction of sp³-hybridized carbons (Fsp3) is 0.600. The Hall–Kier alpha value is -0.410.